The molecule has 9 heteroatoms. The summed E-state index contributed by atoms with van der Waals surface area (Å²) in [5.74, 6) is 0.823. The molecule has 0 bridgehead atoms. The van der Waals surface area contributed by atoms with Crippen molar-refractivity contribution in [3.05, 3.63) is 45.8 Å². The Hall–Kier alpha value is -1.54. The van der Waals surface area contributed by atoms with Gasteiger partial charge in [0.1, 0.15) is 0 Å². The first kappa shape index (κ1) is 19.2. The fraction of sp³-hybridized carbons (Fsp3) is 0.235. The van der Waals surface area contributed by atoms with Gasteiger partial charge in [-0.15, -0.1) is 21.5 Å². The highest BCUT2D eigenvalue weighted by atomic mass is 35.5. The standard InChI is InChI=1S/C17H16Cl2N4OS2/c1-10(2)23-16(13-7-4-8-25-13)21-22-17(23)26-9-14(24)20-12-6-3-5-11(18)15(12)19/h3-8,10H,9H2,1-2H3,(H,20,24). The van der Waals surface area contributed by atoms with Crippen molar-refractivity contribution in [2.75, 3.05) is 11.1 Å². The molecule has 3 aromatic rings. The van der Waals surface area contributed by atoms with E-state index in [1.807, 2.05) is 22.1 Å². The van der Waals surface area contributed by atoms with Crippen LogP contribution in [0.25, 0.3) is 10.7 Å². The lowest BCUT2D eigenvalue weighted by atomic mass is 10.3. The first-order valence-electron chi connectivity index (χ1n) is 7.82. The van der Waals surface area contributed by atoms with E-state index in [2.05, 4.69) is 29.4 Å². The number of carbonyl (C=O) groups is 1. The van der Waals surface area contributed by atoms with Gasteiger partial charge in [0.25, 0.3) is 0 Å². The lowest BCUT2D eigenvalue weighted by Gasteiger charge is -2.13. The van der Waals surface area contributed by atoms with Crippen molar-refractivity contribution in [3.8, 4) is 10.7 Å². The molecule has 0 saturated heterocycles. The average molecular weight is 427 g/mol. The molecule has 0 saturated carbocycles. The molecule has 0 aliphatic heterocycles. The molecule has 0 radical (unpaired) electrons. The van der Waals surface area contributed by atoms with Crippen LogP contribution in [-0.4, -0.2) is 26.4 Å². The monoisotopic (exact) mass is 426 g/mol. The number of hydrogen-bond acceptors (Lipinski definition) is 5. The highest BCUT2D eigenvalue weighted by Gasteiger charge is 2.18. The van der Waals surface area contributed by atoms with E-state index in [1.54, 1.807) is 29.5 Å². The van der Waals surface area contributed by atoms with Crippen LogP contribution in [0, 0.1) is 0 Å². The molecule has 5 nitrogen and oxygen atoms in total. The Morgan fingerprint density at radius 2 is 2.08 bits per heavy atom. The highest BCUT2D eigenvalue weighted by Crippen LogP contribution is 2.31. The third kappa shape index (κ3) is 4.23. The molecule has 1 amide bonds. The molecule has 0 aliphatic rings. The Balaban J connectivity index is 1.71. The van der Waals surface area contributed by atoms with E-state index in [0.29, 0.717) is 20.9 Å². The Kier molecular flexibility index (Phi) is 6.24. The van der Waals surface area contributed by atoms with Gasteiger partial charge in [0.2, 0.25) is 5.91 Å². The maximum atomic E-state index is 12.3. The Morgan fingerprint density at radius 1 is 1.27 bits per heavy atom. The van der Waals surface area contributed by atoms with Crippen molar-refractivity contribution in [1.29, 1.82) is 0 Å². The molecule has 2 heterocycles. The summed E-state index contributed by atoms with van der Waals surface area (Å²) < 4.78 is 2.04. The highest BCUT2D eigenvalue weighted by molar-refractivity contribution is 7.99. The van der Waals surface area contributed by atoms with Crippen LogP contribution in [0.3, 0.4) is 0 Å². The van der Waals surface area contributed by atoms with E-state index >= 15 is 0 Å². The van der Waals surface area contributed by atoms with Gasteiger partial charge in [-0.1, -0.05) is 47.1 Å². The second kappa shape index (κ2) is 8.43. The zero-order valence-corrected chi connectivity index (χ0v) is 17.2. The van der Waals surface area contributed by atoms with Gasteiger partial charge in [-0.3, -0.25) is 9.36 Å². The van der Waals surface area contributed by atoms with Crippen molar-refractivity contribution in [3.63, 3.8) is 0 Å². The summed E-state index contributed by atoms with van der Waals surface area (Å²) in [5, 5.41) is 14.8. The van der Waals surface area contributed by atoms with Crippen LogP contribution in [-0.2, 0) is 4.79 Å². The lowest BCUT2D eigenvalue weighted by molar-refractivity contribution is -0.113. The summed E-state index contributed by atoms with van der Waals surface area (Å²) in [4.78, 5) is 13.3. The summed E-state index contributed by atoms with van der Waals surface area (Å²) in [7, 11) is 0. The Morgan fingerprint density at radius 3 is 2.77 bits per heavy atom. The van der Waals surface area contributed by atoms with E-state index < -0.39 is 0 Å². The number of thioether (sulfide) groups is 1. The van der Waals surface area contributed by atoms with E-state index in [1.165, 1.54) is 11.8 Å². The second-order valence-electron chi connectivity index (χ2n) is 5.69. The van der Waals surface area contributed by atoms with Gasteiger partial charge in [-0.05, 0) is 37.4 Å². The second-order valence-corrected chi connectivity index (χ2v) is 8.36. The molecule has 0 spiro atoms. The van der Waals surface area contributed by atoms with E-state index in [0.717, 1.165) is 10.7 Å². The number of nitrogens with one attached hydrogen (secondary N) is 1. The van der Waals surface area contributed by atoms with Crippen molar-refractivity contribution in [2.24, 2.45) is 0 Å². The number of benzene rings is 1. The molecule has 3 rings (SSSR count). The quantitative estimate of drug-likeness (QED) is 0.519. The SMILES string of the molecule is CC(C)n1c(SCC(=O)Nc2cccc(Cl)c2Cl)nnc1-c1cccs1. The molecule has 1 N–H and O–H groups in total. The summed E-state index contributed by atoms with van der Waals surface area (Å²) in [6.07, 6.45) is 0. The predicted molar refractivity (Wildman–Crippen MR) is 110 cm³/mol. The number of rotatable bonds is 6. The molecule has 0 unspecified atom stereocenters. The number of aromatic nitrogens is 3. The molecule has 0 aliphatic carbocycles. The maximum Gasteiger partial charge on any atom is 0.234 e. The fourth-order valence-corrected chi connectivity index (χ4v) is 4.25. The van der Waals surface area contributed by atoms with Crippen LogP contribution >= 0.6 is 46.3 Å². The molecular weight excluding hydrogens is 411 g/mol. The number of amides is 1. The molecule has 2 aromatic heterocycles. The van der Waals surface area contributed by atoms with Crippen LogP contribution in [0.5, 0.6) is 0 Å². The lowest BCUT2D eigenvalue weighted by Crippen LogP contribution is -2.15. The van der Waals surface area contributed by atoms with Gasteiger partial charge in [0, 0.05) is 6.04 Å². The molecular formula is C17H16Cl2N4OS2. The largest absolute Gasteiger partial charge is 0.324 e. The van der Waals surface area contributed by atoms with Crippen molar-refractivity contribution >= 4 is 57.9 Å². The van der Waals surface area contributed by atoms with Crippen LogP contribution in [0.1, 0.15) is 19.9 Å². The van der Waals surface area contributed by atoms with Gasteiger partial charge in [-0.2, -0.15) is 0 Å². The van der Waals surface area contributed by atoms with E-state index in [-0.39, 0.29) is 17.7 Å². The third-order valence-electron chi connectivity index (χ3n) is 3.48. The number of anilines is 1. The van der Waals surface area contributed by atoms with Gasteiger partial charge < -0.3 is 5.32 Å². The minimum Gasteiger partial charge on any atom is -0.324 e. The van der Waals surface area contributed by atoms with Crippen LogP contribution in [0.15, 0.2) is 40.9 Å². The summed E-state index contributed by atoms with van der Waals surface area (Å²) in [6.45, 7) is 4.13. The Bertz CT molecular complexity index is 910. The van der Waals surface area contributed by atoms with Crippen LogP contribution in [0.4, 0.5) is 5.69 Å². The smallest absolute Gasteiger partial charge is 0.234 e. The third-order valence-corrected chi connectivity index (χ3v) is 6.11. The number of thiophene rings is 1. The number of carbonyl (C=O) groups excluding carboxylic acids is 1. The molecule has 1 aromatic carbocycles. The van der Waals surface area contributed by atoms with Gasteiger partial charge in [0.15, 0.2) is 11.0 Å². The minimum atomic E-state index is -0.185. The summed E-state index contributed by atoms with van der Waals surface area (Å²) >= 11 is 15.0. The summed E-state index contributed by atoms with van der Waals surface area (Å²) in [6, 6.07) is 9.28. The minimum absolute atomic E-state index is 0.176. The first-order valence-corrected chi connectivity index (χ1v) is 10.4. The predicted octanol–water partition coefficient (Wildman–Crippen LogP) is 5.63. The molecule has 26 heavy (non-hydrogen) atoms. The van der Waals surface area contributed by atoms with Crippen molar-refractivity contribution < 1.29 is 4.79 Å². The number of nitrogens with zero attached hydrogens (tertiary/aromatic N) is 3. The van der Waals surface area contributed by atoms with Gasteiger partial charge in [0.05, 0.1) is 26.4 Å². The van der Waals surface area contributed by atoms with E-state index in [9.17, 15) is 4.79 Å². The zero-order valence-electron chi connectivity index (χ0n) is 14.1. The topological polar surface area (TPSA) is 59.8 Å². The van der Waals surface area contributed by atoms with Crippen LogP contribution < -0.4 is 5.32 Å². The number of hydrogen-bond donors (Lipinski definition) is 1. The molecule has 0 atom stereocenters. The maximum absolute atomic E-state index is 12.3. The first-order chi connectivity index (χ1) is 12.5. The van der Waals surface area contributed by atoms with E-state index in [4.69, 9.17) is 23.2 Å². The molecule has 136 valence electrons. The van der Waals surface area contributed by atoms with Gasteiger partial charge >= 0.3 is 0 Å². The van der Waals surface area contributed by atoms with Gasteiger partial charge in [-0.25, -0.2) is 0 Å². The zero-order chi connectivity index (χ0) is 18.7. The fourth-order valence-electron chi connectivity index (χ4n) is 2.33. The molecule has 0 fully saturated rings. The van der Waals surface area contributed by atoms with Crippen molar-refractivity contribution in [1.82, 2.24) is 14.8 Å². The van der Waals surface area contributed by atoms with Crippen molar-refractivity contribution in [2.45, 2.75) is 25.0 Å². The summed E-state index contributed by atoms with van der Waals surface area (Å²) in [5.41, 5.74) is 0.495. The Labute approximate surface area is 169 Å². The van der Waals surface area contributed by atoms with Crippen LogP contribution in [0.2, 0.25) is 10.0 Å². The average Bonchev–Trinajstić information content (AvgIpc) is 3.26. The normalized spacial score (nSPS) is 11.1. The number of halogens is 2.